The Hall–Kier alpha value is -1.27. The van der Waals surface area contributed by atoms with Gasteiger partial charge >= 0.3 is 0 Å². The summed E-state index contributed by atoms with van der Waals surface area (Å²) in [5.74, 6) is -0.306. The van der Waals surface area contributed by atoms with Crippen molar-refractivity contribution in [2.45, 2.75) is 17.9 Å². The molecule has 2 rings (SSSR count). The fourth-order valence-electron chi connectivity index (χ4n) is 1.90. The van der Waals surface area contributed by atoms with E-state index >= 15 is 0 Å². The van der Waals surface area contributed by atoms with Crippen molar-refractivity contribution in [3.63, 3.8) is 0 Å². The summed E-state index contributed by atoms with van der Waals surface area (Å²) in [6.07, 6.45) is 0. The molecule has 0 spiro atoms. The summed E-state index contributed by atoms with van der Waals surface area (Å²) in [7, 11) is -3.86. The summed E-state index contributed by atoms with van der Waals surface area (Å²) in [5.41, 5.74) is 0.597. The molecule has 112 valence electrons. The number of phenolic OH excluding ortho intramolecular Hbond substituents is 1. The van der Waals surface area contributed by atoms with Crippen LogP contribution in [0.4, 0.5) is 0 Å². The Morgan fingerprint density at radius 3 is 2.43 bits per heavy atom. The molecule has 1 atom stereocenters. The SMILES string of the molecule is CC(NS(=O)(=O)c1ccccc1O)c1ccc(Cl)cc1Cl. The Kier molecular flexibility index (Phi) is 4.78. The van der Waals surface area contributed by atoms with E-state index in [2.05, 4.69) is 4.72 Å². The van der Waals surface area contributed by atoms with E-state index in [-0.39, 0.29) is 10.6 Å². The number of hydrogen-bond acceptors (Lipinski definition) is 3. The molecule has 2 N–H and O–H groups in total. The second kappa shape index (κ2) is 6.23. The second-order valence-corrected chi connectivity index (χ2v) is 7.00. The highest BCUT2D eigenvalue weighted by molar-refractivity contribution is 7.89. The zero-order valence-electron chi connectivity index (χ0n) is 11.0. The number of para-hydroxylation sites is 1. The zero-order chi connectivity index (χ0) is 15.6. The Morgan fingerprint density at radius 2 is 1.81 bits per heavy atom. The van der Waals surface area contributed by atoms with Crippen molar-refractivity contribution in [1.82, 2.24) is 4.72 Å². The minimum Gasteiger partial charge on any atom is -0.507 e. The van der Waals surface area contributed by atoms with Gasteiger partial charge in [0.1, 0.15) is 10.6 Å². The van der Waals surface area contributed by atoms with Crippen LogP contribution in [0.15, 0.2) is 47.4 Å². The van der Waals surface area contributed by atoms with Crippen molar-refractivity contribution < 1.29 is 13.5 Å². The van der Waals surface area contributed by atoms with Crippen LogP contribution in [0.2, 0.25) is 10.0 Å². The topological polar surface area (TPSA) is 66.4 Å². The highest BCUT2D eigenvalue weighted by atomic mass is 35.5. The van der Waals surface area contributed by atoms with E-state index in [9.17, 15) is 13.5 Å². The third-order valence-corrected chi connectivity index (χ3v) is 5.07. The Bertz CT molecular complexity index is 763. The highest BCUT2D eigenvalue weighted by Gasteiger charge is 2.22. The fraction of sp³-hybridized carbons (Fsp3) is 0.143. The fourth-order valence-corrected chi connectivity index (χ4v) is 3.79. The smallest absolute Gasteiger partial charge is 0.244 e. The first-order chi connectivity index (χ1) is 9.81. The molecular formula is C14H13Cl2NO3S. The van der Waals surface area contributed by atoms with Crippen LogP contribution in [-0.4, -0.2) is 13.5 Å². The van der Waals surface area contributed by atoms with Crippen molar-refractivity contribution in [1.29, 1.82) is 0 Å². The zero-order valence-corrected chi connectivity index (χ0v) is 13.4. The molecule has 0 fully saturated rings. The average molecular weight is 346 g/mol. The molecule has 0 heterocycles. The van der Waals surface area contributed by atoms with E-state index < -0.39 is 16.1 Å². The van der Waals surface area contributed by atoms with Crippen LogP contribution in [0, 0.1) is 0 Å². The molecule has 0 aliphatic rings. The van der Waals surface area contributed by atoms with Crippen molar-refractivity contribution in [2.24, 2.45) is 0 Å². The van der Waals surface area contributed by atoms with Crippen LogP contribution in [0.3, 0.4) is 0 Å². The molecule has 0 aliphatic carbocycles. The first kappa shape index (κ1) is 16.1. The summed E-state index contributed by atoms with van der Waals surface area (Å²) < 4.78 is 27.0. The number of phenols is 1. The molecule has 2 aromatic rings. The van der Waals surface area contributed by atoms with Gasteiger partial charge in [-0.25, -0.2) is 13.1 Å². The number of benzene rings is 2. The first-order valence-electron chi connectivity index (χ1n) is 6.06. The third kappa shape index (κ3) is 3.68. The van der Waals surface area contributed by atoms with E-state index in [4.69, 9.17) is 23.2 Å². The Morgan fingerprint density at radius 1 is 1.14 bits per heavy atom. The number of aromatic hydroxyl groups is 1. The molecular weight excluding hydrogens is 333 g/mol. The molecule has 21 heavy (non-hydrogen) atoms. The molecule has 0 aliphatic heterocycles. The lowest BCUT2D eigenvalue weighted by atomic mass is 10.1. The summed E-state index contributed by atoms with van der Waals surface area (Å²) in [6.45, 7) is 1.66. The largest absolute Gasteiger partial charge is 0.507 e. The second-order valence-electron chi connectivity index (χ2n) is 4.48. The molecule has 1 unspecified atom stereocenters. The quantitative estimate of drug-likeness (QED) is 0.886. The molecule has 0 radical (unpaired) electrons. The van der Waals surface area contributed by atoms with E-state index in [1.165, 1.54) is 18.2 Å². The standard InChI is InChI=1S/C14H13Cl2NO3S/c1-9(11-7-6-10(15)8-12(11)16)17-21(19,20)14-5-3-2-4-13(14)18/h2-9,17-18H,1H3. The van der Waals surface area contributed by atoms with Crippen LogP contribution >= 0.6 is 23.2 Å². The minimum atomic E-state index is -3.86. The number of nitrogens with one attached hydrogen (secondary N) is 1. The van der Waals surface area contributed by atoms with Gasteiger partial charge in [-0.1, -0.05) is 41.4 Å². The normalized spacial score (nSPS) is 13.1. The van der Waals surface area contributed by atoms with Gasteiger partial charge in [-0.15, -0.1) is 0 Å². The lowest BCUT2D eigenvalue weighted by molar-refractivity contribution is 0.457. The van der Waals surface area contributed by atoms with Gasteiger partial charge in [0.15, 0.2) is 0 Å². The van der Waals surface area contributed by atoms with Gasteiger partial charge in [-0.2, -0.15) is 0 Å². The summed E-state index contributed by atoms with van der Waals surface area (Å²) in [4.78, 5) is -0.179. The van der Waals surface area contributed by atoms with Crippen LogP contribution in [0.5, 0.6) is 5.75 Å². The van der Waals surface area contributed by atoms with Crippen LogP contribution in [0.25, 0.3) is 0 Å². The number of rotatable bonds is 4. The maximum Gasteiger partial charge on any atom is 0.244 e. The van der Waals surface area contributed by atoms with E-state index in [0.29, 0.717) is 15.6 Å². The molecule has 7 heteroatoms. The predicted octanol–water partition coefficient (Wildman–Crippen LogP) is 3.74. The average Bonchev–Trinajstić information content (AvgIpc) is 2.38. The Balaban J connectivity index is 2.30. The third-order valence-electron chi connectivity index (χ3n) is 2.92. The predicted molar refractivity (Wildman–Crippen MR) is 83.3 cm³/mol. The summed E-state index contributed by atoms with van der Waals surface area (Å²) in [6, 6.07) is 9.99. The molecule has 0 aromatic heterocycles. The summed E-state index contributed by atoms with van der Waals surface area (Å²) in [5, 5.41) is 10.5. The lowest BCUT2D eigenvalue weighted by Crippen LogP contribution is -2.27. The molecule has 0 bridgehead atoms. The van der Waals surface area contributed by atoms with Crippen LogP contribution in [-0.2, 0) is 10.0 Å². The molecule has 0 saturated carbocycles. The number of halogens is 2. The monoisotopic (exact) mass is 345 g/mol. The van der Waals surface area contributed by atoms with Gasteiger partial charge < -0.3 is 5.11 Å². The minimum absolute atomic E-state index is 0.179. The van der Waals surface area contributed by atoms with Gasteiger partial charge in [0.05, 0.1) is 0 Å². The van der Waals surface area contributed by atoms with Gasteiger partial charge in [0, 0.05) is 16.1 Å². The maximum atomic E-state index is 12.3. The van der Waals surface area contributed by atoms with Crippen molar-refractivity contribution in [3.05, 3.63) is 58.1 Å². The van der Waals surface area contributed by atoms with Gasteiger partial charge in [0.2, 0.25) is 10.0 Å². The molecule has 0 saturated heterocycles. The van der Waals surface area contributed by atoms with Crippen molar-refractivity contribution >= 4 is 33.2 Å². The van der Waals surface area contributed by atoms with Gasteiger partial charge in [-0.05, 0) is 36.8 Å². The van der Waals surface area contributed by atoms with E-state index in [1.54, 1.807) is 31.2 Å². The van der Waals surface area contributed by atoms with Crippen LogP contribution in [0.1, 0.15) is 18.5 Å². The first-order valence-corrected chi connectivity index (χ1v) is 8.30. The van der Waals surface area contributed by atoms with Crippen molar-refractivity contribution in [3.8, 4) is 5.75 Å². The Labute approximate surface area is 133 Å². The van der Waals surface area contributed by atoms with Gasteiger partial charge in [-0.3, -0.25) is 0 Å². The van der Waals surface area contributed by atoms with Gasteiger partial charge in [0.25, 0.3) is 0 Å². The van der Waals surface area contributed by atoms with E-state index in [0.717, 1.165) is 0 Å². The van der Waals surface area contributed by atoms with Crippen LogP contribution < -0.4 is 4.72 Å². The molecule has 0 amide bonds. The van der Waals surface area contributed by atoms with E-state index in [1.807, 2.05) is 0 Å². The number of sulfonamides is 1. The van der Waals surface area contributed by atoms with Crippen molar-refractivity contribution in [2.75, 3.05) is 0 Å². The summed E-state index contributed by atoms with van der Waals surface area (Å²) >= 11 is 11.9. The number of hydrogen-bond donors (Lipinski definition) is 2. The highest BCUT2D eigenvalue weighted by Crippen LogP contribution is 2.28. The molecule has 2 aromatic carbocycles. The lowest BCUT2D eigenvalue weighted by Gasteiger charge is -2.16. The maximum absolute atomic E-state index is 12.3. The molecule has 4 nitrogen and oxygen atoms in total.